The fourth-order valence-electron chi connectivity index (χ4n) is 1.76. The lowest BCUT2D eigenvalue weighted by Gasteiger charge is -2.19. The van der Waals surface area contributed by atoms with E-state index in [1.807, 2.05) is 20.8 Å². The molecule has 106 valence electrons. The molecule has 0 bridgehead atoms. The van der Waals surface area contributed by atoms with Gasteiger partial charge in [0.25, 0.3) is 5.91 Å². The Morgan fingerprint density at radius 2 is 2.00 bits per heavy atom. The number of benzene rings is 1. The molecule has 1 amide bonds. The van der Waals surface area contributed by atoms with Crippen LogP contribution in [0.2, 0.25) is 0 Å². The third-order valence-corrected chi connectivity index (χ3v) is 3.09. The summed E-state index contributed by atoms with van der Waals surface area (Å²) in [6.07, 6.45) is 1.03. The number of ether oxygens (including phenoxy) is 1. The van der Waals surface area contributed by atoms with Gasteiger partial charge in [-0.3, -0.25) is 4.79 Å². The summed E-state index contributed by atoms with van der Waals surface area (Å²) in [7, 11) is 0. The first-order valence-electron chi connectivity index (χ1n) is 6.71. The third-order valence-electron chi connectivity index (χ3n) is 3.09. The third kappa shape index (κ3) is 4.54. The van der Waals surface area contributed by atoms with E-state index < -0.39 is 11.9 Å². The van der Waals surface area contributed by atoms with Gasteiger partial charge in [0.15, 0.2) is 17.7 Å². The molecule has 0 aliphatic heterocycles. The van der Waals surface area contributed by atoms with Crippen LogP contribution in [0.4, 0.5) is 4.39 Å². The van der Waals surface area contributed by atoms with Gasteiger partial charge in [0.1, 0.15) is 0 Å². The van der Waals surface area contributed by atoms with E-state index >= 15 is 0 Å². The highest BCUT2D eigenvalue weighted by molar-refractivity contribution is 5.81. The summed E-state index contributed by atoms with van der Waals surface area (Å²) in [4.78, 5) is 11.9. The minimum Gasteiger partial charge on any atom is -0.478 e. The Balaban J connectivity index is 2.65. The SMILES string of the molecule is CCC(CC)NC(=O)C(C)Oc1cc(C)ccc1F. The first-order chi connectivity index (χ1) is 8.97. The van der Waals surface area contributed by atoms with E-state index in [9.17, 15) is 9.18 Å². The predicted octanol–water partition coefficient (Wildman–Crippen LogP) is 3.21. The van der Waals surface area contributed by atoms with Crippen LogP contribution < -0.4 is 10.1 Å². The molecule has 1 N–H and O–H groups in total. The molecule has 1 aromatic rings. The Morgan fingerprint density at radius 3 is 2.58 bits per heavy atom. The summed E-state index contributed by atoms with van der Waals surface area (Å²) in [5.41, 5.74) is 0.893. The van der Waals surface area contributed by atoms with Gasteiger partial charge in [0, 0.05) is 6.04 Å². The lowest BCUT2D eigenvalue weighted by molar-refractivity contribution is -0.128. The lowest BCUT2D eigenvalue weighted by atomic mass is 10.1. The molecule has 0 spiro atoms. The van der Waals surface area contributed by atoms with Gasteiger partial charge in [-0.1, -0.05) is 19.9 Å². The second-order valence-electron chi connectivity index (χ2n) is 4.72. The Kier molecular flexibility index (Phi) is 5.80. The summed E-state index contributed by atoms with van der Waals surface area (Å²) in [6.45, 7) is 7.50. The van der Waals surface area contributed by atoms with Gasteiger partial charge in [0.05, 0.1) is 0 Å². The zero-order valence-corrected chi connectivity index (χ0v) is 12.0. The van der Waals surface area contributed by atoms with E-state index in [1.165, 1.54) is 6.07 Å². The summed E-state index contributed by atoms with van der Waals surface area (Å²) in [6, 6.07) is 4.74. The number of nitrogens with one attached hydrogen (secondary N) is 1. The van der Waals surface area contributed by atoms with Crippen LogP contribution in [0, 0.1) is 12.7 Å². The first-order valence-corrected chi connectivity index (χ1v) is 6.71. The van der Waals surface area contributed by atoms with Crippen molar-refractivity contribution in [3.63, 3.8) is 0 Å². The van der Waals surface area contributed by atoms with Gasteiger partial charge in [0.2, 0.25) is 0 Å². The van der Waals surface area contributed by atoms with Crippen LogP contribution in [0.25, 0.3) is 0 Å². The first kappa shape index (κ1) is 15.5. The van der Waals surface area contributed by atoms with Crippen molar-refractivity contribution in [3.05, 3.63) is 29.6 Å². The lowest BCUT2D eigenvalue weighted by Crippen LogP contribution is -2.42. The average molecular weight is 267 g/mol. The zero-order valence-electron chi connectivity index (χ0n) is 12.0. The number of hydrogen-bond acceptors (Lipinski definition) is 2. The normalized spacial score (nSPS) is 12.3. The number of rotatable bonds is 6. The van der Waals surface area contributed by atoms with Crippen LogP contribution >= 0.6 is 0 Å². The van der Waals surface area contributed by atoms with E-state index in [1.54, 1.807) is 19.1 Å². The minimum absolute atomic E-state index is 0.118. The average Bonchev–Trinajstić information content (AvgIpc) is 2.39. The molecular weight excluding hydrogens is 245 g/mol. The van der Waals surface area contributed by atoms with Gasteiger partial charge < -0.3 is 10.1 Å². The van der Waals surface area contributed by atoms with E-state index in [0.29, 0.717) is 0 Å². The Hall–Kier alpha value is -1.58. The highest BCUT2D eigenvalue weighted by Crippen LogP contribution is 2.19. The molecule has 1 aromatic carbocycles. The van der Waals surface area contributed by atoms with Crippen molar-refractivity contribution in [2.45, 2.75) is 52.7 Å². The van der Waals surface area contributed by atoms with Gasteiger partial charge >= 0.3 is 0 Å². The van der Waals surface area contributed by atoms with Crippen molar-refractivity contribution in [2.75, 3.05) is 0 Å². The van der Waals surface area contributed by atoms with Crippen LogP contribution in [0.3, 0.4) is 0 Å². The molecule has 0 fully saturated rings. The summed E-state index contributed by atoms with van der Waals surface area (Å²) < 4.78 is 18.9. The molecule has 0 aliphatic rings. The van der Waals surface area contributed by atoms with E-state index in [4.69, 9.17) is 4.74 Å². The smallest absolute Gasteiger partial charge is 0.260 e. The Labute approximate surface area is 114 Å². The van der Waals surface area contributed by atoms with Crippen molar-refractivity contribution >= 4 is 5.91 Å². The van der Waals surface area contributed by atoms with Crippen molar-refractivity contribution in [2.24, 2.45) is 0 Å². The van der Waals surface area contributed by atoms with Gasteiger partial charge in [-0.05, 0) is 44.4 Å². The molecule has 0 aliphatic carbocycles. The maximum absolute atomic E-state index is 13.5. The Morgan fingerprint density at radius 1 is 1.37 bits per heavy atom. The molecule has 1 unspecified atom stereocenters. The quantitative estimate of drug-likeness (QED) is 0.859. The monoisotopic (exact) mass is 267 g/mol. The predicted molar refractivity (Wildman–Crippen MR) is 73.7 cm³/mol. The maximum Gasteiger partial charge on any atom is 0.260 e. The molecule has 0 saturated heterocycles. The minimum atomic E-state index is -0.711. The van der Waals surface area contributed by atoms with Crippen LogP contribution in [0.5, 0.6) is 5.75 Å². The molecule has 0 aromatic heterocycles. The summed E-state index contributed by atoms with van der Waals surface area (Å²) in [5.74, 6) is -0.547. The molecule has 19 heavy (non-hydrogen) atoms. The highest BCUT2D eigenvalue weighted by atomic mass is 19.1. The molecule has 0 saturated carbocycles. The second kappa shape index (κ2) is 7.12. The molecule has 0 radical (unpaired) electrons. The number of carbonyl (C=O) groups excluding carboxylic acids is 1. The van der Waals surface area contributed by atoms with E-state index in [-0.39, 0.29) is 17.7 Å². The topological polar surface area (TPSA) is 38.3 Å². The van der Waals surface area contributed by atoms with Crippen molar-refractivity contribution in [1.29, 1.82) is 0 Å². The zero-order chi connectivity index (χ0) is 14.4. The summed E-state index contributed by atoms with van der Waals surface area (Å²) >= 11 is 0. The maximum atomic E-state index is 13.5. The van der Waals surface area contributed by atoms with Crippen LogP contribution in [0.1, 0.15) is 39.2 Å². The van der Waals surface area contributed by atoms with Crippen LogP contribution in [-0.2, 0) is 4.79 Å². The highest BCUT2D eigenvalue weighted by Gasteiger charge is 2.18. The number of hydrogen-bond donors (Lipinski definition) is 1. The number of aryl methyl sites for hydroxylation is 1. The van der Waals surface area contributed by atoms with Crippen molar-refractivity contribution in [3.8, 4) is 5.75 Å². The molecular formula is C15H22FNO2. The molecule has 1 atom stereocenters. The summed E-state index contributed by atoms with van der Waals surface area (Å²) in [5, 5.41) is 2.88. The Bertz CT molecular complexity index is 430. The van der Waals surface area contributed by atoms with E-state index in [0.717, 1.165) is 18.4 Å². The van der Waals surface area contributed by atoms with E-state index in [2.05, 4.69) is 5.32 Å². The molecule has 3 nitrogen and oxygen atoms in total. The molecule has 1 rings (SSSR count). The van der Waals surface area contributed by atoms with Crippen LogP contribution in [-0.4, -0.2) is 18.1 Å². The fourth-order valence-corrected chi connectivity index (χ4v) is 1.76. The number of halogens is 1. The van der Waals surface area contributed by atoms with Crippen molar-refractivity contribution < 1.29 is 13.9 Å². The van der Waals surface area contributed by atoms with Crippen molar-refractivity contribution in [1.82, 2.24) is 5.32 Å². The van der Waals surface area contributed by atoms with Gasteiger partial charge in [-0.2, -0.15) is 0 Å². The van der Waals surface area contributed by atoms with Gasteiger partial charge in [-0.15, -0.1) is 0 Å². The number of carbonyl (C=O) groups is 1. The van der Waals surface area contributed by atoms with Crippen LogP contribution in [0.15, 0.2) is 18.2 Å². The largest absolute Gasteiger partial charge is 0.478 e. The molecule has 4 heteroatoms. The van der Waals surface area contributed by atoms with Gasteiger partial charge in [-0.25, -0.2) is 4.39 Å². The fraction of sp³-hybridized carbons (Fsp3) is 0.533. The molecule has 0 heterocycles. The standard InChI is InChI=1S/C15H22FNO2/c1-5-12(6-2)17-15(18)11(4)19-14-9-10(3)7-8-13(14)16/h7-9,11-12H,5-6H2,1-4H3,(H,17,18). The number of amides is 1. The second-order valence-corrected chi connectivity index (χ2v) is 4.72.